The molecule has 0 fully saturated rings. The van der Waals surface area contributed by atoms with Gasteiger partial charge in [0.15, 0.2) is 11.5 Å². The van der Waals surface area contributed by atoms with Gasteiger partial charge >= 0.3 is 0 Å². The fourth-order valence-corrected chi connectivity index (χ4v) is 3.78. The van der Waals surface area contributed by atoms with E-state index in [4.69, 9.17) is 0 Å². The Morgan fingerprint density at radius 1 is 0.967 bits per heavy atom. The SMILES string of the molecule is Cc1nnc(C)n1CCCc1cc(F)ccc1-c1ccc2nnc(CN(C)C)n2c1. The standard InChI is InChI=1S/C22H26FN7/c1-15-24-25-16(2)29(15)11-5-6-17-12-19(23)8-9-20(17)18-7-10-21-26-27-22(14-28(3)4)30(21)13-18/h7-10,12-13H,5-6,11,14H2,1-4H3. The first-order valence-corrected chi connectivity index (χ1v) is 10.1. The summed E-state index contributed by atoms with van der Waals surface area (Å²) < 4.78 is 18.1. The number of rotatable bonds is 7. The number of hydrogen-bond acceptors (Lipinski definition) is 5. The van der Waals surface area contributed by atoms with Crippen molar-refractivity contribution in [2.24, 2.45) is 0 Å². The summed E-state index contributed by atoms with van der Waals surface area (Å²) in [4.78, 5) is 2.06. The summed E-state index contributed by atoms with van der Waals surface area (Å²) >= 11 is 0. The Hall–Kier alpha value is -3.13. The first-order valence-electron chi connectivity index (χ1n) is 10.1. The molecule has 8 heteroatoms. The van der Waals surface area contributed by atoms with Crippen LogP contribution < -0.4 is 0 Å². The quantitative estimate of drug-likeness (QED) is 0.470. The predicted molar refractivity (Wildman–Crippen MR) is 114 cm³/mol. The van der Waals surface area contributed by atoms with E-state index in [1.807, 2.05) is 56.7 Å². The Bertz CT molecular complexity index is 1160. The molecule has 0 aliphatic heterocycles. The lowest BCUT2D eigenvalue weighted by atomic mass is 9.97. The van der Waals surface area contributed by atoms with Crippen molar-refractivity contribution in [1.82, 2.24) is 34.3 Å². The third-order valence-corrected chi connectivity index (χ3v) is 5.26. The van der Waals surface area contributed by atoms with Crippen LogP contribution in [-0.4, -0.2) is 48.4 Å². The van der Waals surface area contributed by atoms with Gasteiger partial charge in [0.25, 0.3) is 0 Å². The van der Waals surface area contributed by atoms with Gasteiger partial charge in [-0.1, -0.05) is 6.07 Å². The molecule has 0 saturated heterocycles. The second kappa shape index (κ2) is 8.31. The number of fused-ring (bicyclic) bond motifs is 1. The summed E-state index contributed by atoms with van der Waals surface area (Å²) in [5, 5.41) is 16.8. The Morgan fingerprint density at radius 3 is 2.47 bits per heavy atom. The van der Waals surface area contributed by atoms with E-state index in [-0.39, 0.29) is 5.82 Å². The number of aryl methyl sites for hydroxylation is 3. The van der Waals surface area contributed by atoms with Crippen molar-refractivity contribution < 1.29 is 4.39 Å². The smallest absolute Gasteiger partial charge is 0.160 e. The van der Waals surface area contributed by atoms with Crippen LogP contribution in [0.4, 0.5) is 4.39 Å². The molecule has 0 aliphatic rings. The predicted octanol–water partition coefficient (Wildman–Crippen LogP) is 3.44. The maximum absolute atomic E-state index is 14.0. The molecule has 0 amide bonds. The zero-order chi connectivity index (χ0) is 21.3. The van der Waals surface area contributed by atoms with Crippen LogP contribution in [0.25, 0.3) is 16.8 Å². The summed E-state index contributed by atoms with van der Waals surface area (Å²) in [6.07, 6.45) is 3.67. The highest BCUT2D eigenvalue weighted by molar-refractivity contribution is 5.68. The topological polar surface area (TPSA) is 64.1 Å². The van der Waals surface area contributed by atoms with Crippen LogP contribution in [0.3, 0.4) is 0 Å². The molecule has 3 aromatic heterocycles. The molecule has 0 bridgehead atoms. The highest BCUT2D eigenvalue weighted by atomic mass is 19.1. The molecule has 4 rings (SSSR count). The molecule has 0 radical (unpaired) electrons. The van der Waals surface area contributed by atoms with E-state index in [0.29, 0.717) is 6.54 Å². The summed E-state index contributed by atoms with van der Waals surface area (Å²) in [6.45, 7) is 5.40. The van der Waals surface area contributed by atoms with Crippen LogP contribution in [0.15, 0.2) is 36.5 Å². The fourth-order valence-electron chi connectivity index (χ4n) is 3.78. The van der Waals surface area contributed by atoms with Gasteiger partial charge in [0, 0.05) is 12.7 Å². The Morgan fingerprint density at radius 2 is 1.73 bits per heavy atom. The van der Waals surface area contributed by atoms with Crippen molar-refractivity contribution >= 4 is 5.65 Å². The summed E-state index contributed by atoms with van der Waals surface area (Å²) in [6, 6.07) is 8.99. The number of aromatic nitrogens is 6. The first kappa shape index (κ1) is 20.2. The van der Waals surface area contributed by atoms with Gasteiger partial charge in [-0.2, -0.15) is 0 Å². The number of hydrogen-bond donors (Lipinski definition) is 0. The van der Waals surface area contributed by atoms with E-state index in [9.17, 15) is 4.39 Å². The molecule has 7 nitrogen and oxygen atoms in total. The maximum atomic E-state index is 14.0. The largest absolute Gasteiger partial charge is 0.315 e. The third-order valence-electron chi connectivity index (χ3n) is 5.26. The van der Waals surface area contributed by atoms with Gasteiger partial charge in [0.05, 0.1) is 6.54 Å². The molecule has 1 aromatic carbocycles. The van der Waals surface area contributed by atoms with Crippen molar-refractivity contribution in [2.45, 2.75) is 39.8 Å². The second-order valence-electron chi connectivity index (χ2n) is 7.85. The van der Waals surface area contributed by atoms with Gasteiger partial charge in [0.1, 0.15) is 17.5 Å². The minimum atomic E-state index is -0.218. The summed E-state index contributed by atoms with van der Waals surface area (Å²) in [5.74, 6) is 2.46. The van der Waals surface area contributed by atoms with Crippen molar-refractivity contribution in [3.05, 3.63) is 65.4 Å². The highest BCUT2D eigenvalue weighted by Crippen LogP contribution is 2.27. The Labute approximate surface area is 175 Å². The van der Waals surface area contributed by atoms with Crippen LogP contribution >= 0.6 is 0 Å². The molecule has 156 valence electrons. The molecule has 0 N–H and O–H groups in total. The zero-order valence-electron chi connectivity index (χ0n) is 17.8. The maximum Gasteiger partial charge on any atom is 0.160 e. The number of nitrogens with zero attached hydrogens (tertiary/aromatic N) is 7. The van der Waals surface area contributed by atoms with Crippen LogP contribution in [0.1, 0.15) is 29.5 Å². The normalized spacial score (nSPS) is 11.7. The molecule has 0 saturated carbocycles. The second-order valence-corrected chi connectivity index (χ2v) is 7.85. The molecule has 0 atom stereocenters. The van der Waals surface area contributed by atoms with Gasteiger partial charge in [-0.05, 0) is 81.7 Å². The van der Waals surface area contributed by atoms with Crippen molar-refractivity contribution in [3.8, 4) is 11.1 Å². The van der Waals surface area contributed by atoms with Gasteiger partial charge < -0.3 is 9.47 Å². The van der Waals surface area contributed by atoms with E-state index in [2.05, 4.69) is 29.9 Å². The van der Waals surface area contributed by atoms with Crippen LogP contribution in [0.5, 0.6) is 0 Å². The Kier molecular flexibility index (Phi) is 5.59. The lowest BCUT2D eigenvalue weighted by Gasteiger charge is -2.13. The van der Waals surface area contributed by atoms with Gasteiger partial charge in [-0.3, -0.25) is 4.40 Å². The Balaban J connectivity index is 1.62. The molecule has 0 aliphatic carbocycles. The fraction of sp³-hybridized carbons (Fsp3) is 0.364. The molecule has 0 unspecified atom stereocenters. The van der Waals surface area contributed by atoms with Crippen LogP contribution in [-0.2, 0) is 19.5 Å². The third kappa shape index (κ3) is 4.09. The minimum absolute atomic E-state index is 0.218. The van der Waals surface area contributed by atoms with Crippen molar-refractivity contribution in [2.75, 3.05) is 14.1 Å². The molecule has 3 heterocycles. The number of benzene rings is 1. The van der Waals surface area contributed by atoms with E-state index in [1.54, 1.807) is 6.07 Å². The van der Waals surface area contributed by atoms with Crippen molar-refractivity contribution in [3.63, 3.8) is 0 Å². The first-order chi connectivity index (χ1) is 14.4. The van der Waals surface area contributed by atoms with Gasteiger partial charge in [-0.25, -0.2) is 4.39 Å². The van der Waals surface area contributed by atoms with E-state index < -0.39 is 0 Å². The highest BCUT2D eigenvalue weighted by Gasteiger charge is 2.12. The van der Waals surface area contributed by atoms with Crippen LogP contribution in [0.2, 0.25) is 0 Å². The molecule has 30 heavy (non-hydrogen) atoms. The molecular weight excluding hydrogens is 381 g/mol. The average molecular weight is 407 g/mol. The molecule has 4 aromatic rings. The molecule has 0 spiro atoms. The average Bonchev–Trinajstić information content (AvgIpc) is 3.25. The lowest BCUT2D eigenvalue weighted by Crippen LogP contribution is -2.13. The monoisotopic (exact) mass is 407 g/mol. The number of pyridine rings is 1. The summed E-state index contributed by atoms with van der Waals surface area (Å²) in [7, 11) is 4.00. The van der Waals surface area contributed by atoms with Gasteiger partial charge in [0.2, 0.25) is 0 Å². The summed E-state index contributed by atoms with van der Waals surface area (Å²) in [5.41, 5.74) is 3.84. The lowest BCUT2D eigenvalue weighted by molar-refractivity contribution is 0.388. The van der Waals surface area contributed by atoms with Gasteiger partial charge in [-0.15, -0.1) is 20.4 Å². The number of halogens is 1. The van der Waals surface area contributed by atoms with E-state index in [0.717, 1.165) is 59.2 Å². The molecular formula is C22H26FN7. The zero-order valence-corrected chi connectivity index (χ0v) is 17.8. The van der Waals surface area contributed by atoms with Crippen molar-refractivity contribution in [1.29, 1.82) is 0 Å². The minimum Gasteiger partial charge on any atom is -0.315 e. The van der Waals surface area contributed by atoms with E-state index in [1.165, 1.54) is 6.07 Å². The van der Waals surface area contributed by atoms with E-state index >= 15 is 0 Å². The van der Waals surface area contributed by atoms with Crippen LogP contribution in [0, 0.1) is 19.7 Å².